The second-order valence-electron chi connectivity index (χ2n) is 6.80. The fourth-order valence-electron chi connectivity index (χ4n) is 2.98. The highest BCUT2D eigenvalue weighted by Crippen LogP contribution is 2.29. The van der Waals surface area contributed by atoms with Crippen molar-refractivity contribution in [2.75, 3.05) is 26.8 Å². The van der Waals surface area contributed by atoms with Crippen LogP contribution in [-0.2, 0) is 9.53 Å². The first-order valence-corrected chi connectivity index (χ1v) is 9.86. The largest absolute Gasteiger partial charge is 0.497 e. The first kappa shape index (κ1) is 19.4. The molecule has 1 amide bonds. The minimum atomic E-state index is -0.497. The Balaban J connectivity index is 1.61. The Morgan fingerprint density at radius 3 is 2.52 bits per heavy atom. The lowest BCUT2D eigenvalue weighted by Gasteiger charge is -2.30. The number of carbonyl (C=O) groups is 2. The molecule has 1 fully saturated rings. The van der Waals surface area contributed by atoms with E-state index in [-0.39, 0.29) is 12.5 Å². The number of likely N-dealkylation sites (tertiary alicyclic amines) is 1. The number of hydrogen-bond acceptors (Lipinski definition) is 6. The number of ether oxygens (including phenoxy) is 2. The van der Waals surface area contributed by atoms with Crippen LogP contribution in [0.25, 0.3) is 10.6 Å². The van der Waals surface area contributed by atoms with Crippen LogP contribution in [0.2, 0.25) is 0 Å². The van der Waals surface area contributed by atoms with Crippen molar-refractivity contribution in [2.24, 2.45) is 5.92 Å². The van der Waals surface area contributed by atoms with Crippen LogP contribution in [0.1, 0.15) is 35.1 Å². The molecule has 0 N–H and O–H groups in total. The molecular formula is C20H24N2O4S. The molecule has 2 aromatic rings. The summed E-state index contributed by atoms with van der Waals surface area (Å²) in [6.07, 6.45) is 2.00. The van der Waals surface area contributed by atoms with Gasteiger partial charge in [-0.05, 0) is 49.9 Å². The van der Waals surface area contributed by atoms with Crippen molar-refractivity contribution in [3.05, 3.63) is 34.8 Å². The minimum Gasteiger partial charge on any atom is -0.497 e. The SMILES string of the molecule is COc1ccc(-c2nc(C)c(C(=O)OCC(=O)N3CCC(C)CC3)s2)cc1. The predicted molar refractivity (Wildman–Crippen MR) is 104 cm³/mol. The molecule has 1 saturated heterocycles. The Bertz CT molecular complexity index is 808. The number of rotatable bonds is 5. The van der Waals surface area contributed by atoms with Crippen molar-refractivity contribution >= 4 is 23.2 Å². The summed E-state index contributed by atoms with van der Waals surface area (Å²) in [6, 6.07) is 7.49. The number of hydrogen-bond donors (Lipinski definition) is 0. The molecule has 3 rings (SSSR count). The van der Waals surface area contributed by atoms with Crippen LogP contribution in [0.5, 0.6) is 5.75 Å². The van der Waals surface area contributed by atoms with Crippen LogP contribution in [0.4, 0.5) is 0 Å². The van der Waals surface area contributed by atoms with Gasteiger partial charge in [0.2, 0.25) is 0 Å². The minimum absolute atomic E-state index is 0.132. The van der Waals surface area contributed by atoms with Crippen LogP contribution in [0.3, 0.4) is 0 Å². The van der Waals surface area contributed by atoms with E-state index in [0.29, 0.717) is 16.5 Å². The topological polar surface area (TPSA) is 68.7 Å². The molecule has 0 aliphatic carbocycles. The molecule has 0 atom stereocenters. The lowest BCUT2D eigenvalue weighted by molar-refractivity contribution is -0.135. The van der Waals surface area contributed by atoms with Gasteiger partial charge in [-0.1, -0.05) is 6.92 Å². The van der Waals surface area contributed by atoms with Gasteiger partial charge in [-0.2, -0.15) is 0 Å². The summed E-state index contributed by atoms with van der Waals surface area (Å²) in [7, 11) is 1.61. The van der Waals surface area contributed by atoms with E-state index < -0.39 is 5.97 Å². The van der Waals surface area contributed by atoms with Crippen LogP contribution < -0.4 is 4.74 Å². The quantitative estimate of drug-likeness (QED) is 0.733. The van der Waals surface area contributed by atoms with E-state index in [1.165, 1.54) is 11.3 Å². The molecule has 27 heavy (non-hydrogen) atoms. The number of carbonyl (C=O) groups excluding carboxylic acids is 2. The Labute approximate surface area is 163 Å². The summed E-state index contributed by atoms with van der Waals surface area (Å²) >= 11 is 1.27. The number of piperidine rings is 1. The zero-order valence-electron chi connectivity index (χ0n) is 15.9. The van der Waals surface area contributed by atoms with Crippen molar-refractivity contribution in [2.45, 2.75) is 26.7 Å². The summed E-state index contributed by atoms with van der Waals surface area (Å²) in [4.78, 5) is 31.3. The molecule has 0 spiro atoms. The maximum absolute atomic E-state index is 12.4. The third-order valence-corrected chi connectivity index (χ3v) is 5.97. The summed E-state index contributed by atoms with van der Waals surface area (Å²) in [5, 5.41) is 0.735. The summed E-state index contributed by atoms with van der Waals surface area (Å²) in [5.74, 6) is 0.779. The number of aryl methyl sites for hydroxylation is 1. The van der Waals surface area contributed by atoms with Crippen LogP contribution >= 0.6 is 11.3 Å². The van der Waals surface area contributed by atoms with Crippen LogP contribution in [0.15, 0.2) is 24.3 Å². The average Bonchev–Trinajstić information content (AvgIpc) is 3.08. The van der Waals surface area contributed by atoms with Gasteiger partial charge in [-0.25, -0.2) is 9.78 Å². The Kier molecular flexibility index (Phi) is 6.11. The lowest BCUT2D eigenvalue weighted by atomic mass is 9.99. The molecule has 7 heteroatoms. The van der Waals surface area contributed by atoms with E-state index in [9.17, 15) is 9.59 Å². The van der Waals surface area contributed by atoms with E-state index in [1.54, 1.807) is 18.9 Å². The molecule has 1 aromatic carbocycles. The van der Waals surface area contributed by atoms with Gasteiger partial charge in [0.1, 0.15) is 15.6 Å². The Hall–Kier alpha value is -2.41. The summed E-state index contributed by atoms with van der Waals surface area (Å²) in [5.41, 5.74) is 1.51. The zero-order valence-corrected chi connectivity index (χ0v) is 16.7. The van der Waals surface area contributed by atoms with Gasteiger partial charge in [-0.15, -0.1) is 11.3 Å². The normalized spacial score (nSPS) is 14.9. The Morgan fingerprint density at radius 1 is 1.22 bits per heavy atom. The standard InChI is InChI=1S/C20H24N2O4S/c1-13-8-10-22(11-9-13)17(23)12-26-20(24)18-14(2)21-19(27-18)15-4-6-16(25-3)7-5-15/h4-7,13H,8-12H2,1-3H3. The average molecular weight is 388 g/mol. The highest BCUT2D eigenvalue weighted by molar-refractivity contribution is 7.17. The van der Waals surface area contributed by atoms with Crippen molar-refractivity contribution in [1.82, 2.24) is 9.88 Å². The van der Waals surface area contributed by atoms with E-state index in [4.69, 9.17) is 9.47 Å². The van der Waals surface area contributed by atoms with E-state index in [1.807, 2.05) is 24.3 Å². The maximum Gasteiger partial charge on any atom is 0.350 e. The van der Waals surface area contributed by atoms with Gasteiger partial charge >= 0.3 is 5.97 Å². The molecule has 2 heterocycles. The second-order valence-corrected chi connectivity index (χ2v) is 7.80. The highest BCUT2D eigenvalue weighted by atomic mass is 32.1. The van der Waals surface area contributed by atoms with Crippen LogP contribution in [0, 0.1) is 12.8 Å². The van der Waals surface area contributed by atoms with E-state index >= 15 is 0 Å². The number of esters is 1. The number of nitrogens with zero attached hydrogens (tertiary/aromatic N) is 2. The zero-order chi connectivity index (χ0) is 19.4. The van der Waals surface area contributed by atoms with Crippen molar-refractivity contribution in [1.29, 1.82) is 0 Å². The number of aromatic nitrogens is 1. The molecule has 1 aliphatic rings. The first-order chi connectivity index (χ1) is 13.0. The number of thiazole rings is 1. The molecule has 0 saturated carbocycles. The van der Waals surface area contributed by atoms with Crippen LogP contribution in [-0.4, -0.2) is 48.6 Å². The molecule has 0 radical (unpaired) electrons. The van der Waals surface area contributed by atoms with E-state index in [0.717, 1.165) is 42.3 Å². The molecule has 0 bridgehead atoms. The molecular weight excluding hydrogens is 364 g/mol. The third kappa shape index (κ3) is 4.66. The summed E-state index contributed by atoms with van der Waals surface area (Å²) in [6.45, 7) is 5.21. The fraction of sp³-hybridized carbons (Fsp3) is 0.450. The van der Waals surface area contributed by atoms with Gasteiger partial charge in [-0.3, -0.25) is 4.79 Å². The van der Waals surface area contributed by atoms with Gasteiger partial charge < -0.3 is 14.4 Å². The molecule has 0 unspecified atom stereocenters. The number of benzene rings is 1. The van der Waals surface area contributed by atoms with Crippen molar-refractivity contribution < 1.29 is 19.1 Å². The van der Waals surface area contributed by atoms with Gasteiger partial charge in [0.25, 0.3) is 5.91 Å². The maximum atomic E-state index is 12.4. The molecule has 1 aromatic heterocycles. The lowest BCUT2D eigenvalue weighted by Crippen LogP contribution is -2.40. The summed E-state index contributed by atoms with van der Waals surface area (Å²) < 4.78 is 10.4. The van der Waals surface area contributed by atoms with Gasteiger partial charge in [0.15, 0.2) is 6.61 Å². The van der Waals surface area contributed by atoms with Crippen molar-refractivity contribution in [3.63, 3.8) is 0 Å². The monoisotopic (exact) mass is 388 g/mol. The predicted octanol–water partition coefficient (Wildman–Crippen LogP) is 3.54. The van der Waals surface area contributed by atoms with Gasteiger partial charge in [0, 0.05) is 18.7 Å². The Morgan fingerprint density at radius 2 is 1.89 bits per heavy atom. The molecule has 1 aliphatic heterocycles. The number of methoxy groups -OCH3 is 1. The van der Waals surface area contributed by atoms with Crippen molar-refractivity contribution in [3.8, 4) is 16.3 Å². The highest BCUT2D eigenvalue weighted by Gasteiger charge is 2.23. The smallest absolute Gasteiger partial charge is 0.350 e. The number of amides is 1. The van der Waals surface area contributed by atoms with E-state index in [2.05, 4.69) is 11.9 Å². The molecule has 144 valence electrons. The first-order valence-electron chi connectivity index (χ1n) is 9.04. The molecule has 6 nitrogen and oxygen atoms in total. The van der Waals surface area contributed by atoms with Gasteiger partial charge in [0.05, 0.1) is 12.8 Å². The third-order valence-electron chi connectivity index (χ3n) is 4.78. The fourth-order valence-corrected chi connectivity index (χ4v) is 3.95. The second kappa shape index (κ2) is 8.52.